The highest BCUT2D eigenvalue weighted by atomic mass is 16.5. The first-order valence-corrected chi connectivity index (χ1v) is 14.0. The van der Waals surface area contributed by atoms with Crippen molar-refractivity contribution in [2.75, 3.05) is 32.8 Å². The molecule has 0 saturated carbocycles. The van der Waals surface area contributed by atoms with Crippen LogP contribution in [0.1, 0.15) is 99.3 Å². The van der Waals surface area contributed by atoms with Crippen LogP contribution in [0.15, 0.2) is 0 Å². The average molecular weight is 480 g/mol. The molecule has 2 aliphatic rings. The number of piperidine rings is 1. The van der Waals surface area contributed by atoms with Crippen molar-refractivity contribution >= 4 is 11.8 Å². The molecule has 198 valence electrons. The molecule has 2 aliphatic heterocycles. The van der Waals surface area contributed by atoms with E-state index in [1.165, 1.54) is 6.42 Å². The first-order chi connectivity index (χ1) is 16.1. The van der Waals surface area contributed by atoms with Crippen LogP contribution in [0.3, 0.4) is 0 Å². The van der Waals surface area contributed by atoms with E-state index >= 15 is 0 Å². The fourth-order valence-corrected chi connectivity index (χ4v) is 5.36. The molecule has 6 heteroatoms. The molecule has 0 unspecified atom stereocenters. The van der Waals surface area contributed by atoms with Crippen LogP contribution in [-0.2, 0) is 14.3 Å². The second-order valence-electron chi connectivity index (χ2n) is 12.2. The number of carbonyl (C=O) groups is 2. The third-order valence-corrected chi connectivity index (χ3v) is 7.51. The molecule has 2 amide bonds. The van der Waals surface area contributed by atoms with Crippen LogP contribution < -0.4 is 10.6 Å². The van der Waals surface area contributed by atoms with Gasteiger partial charge in [-0.2, -0.15) is 0 Å². The lowest BCUT2D eigenvalue weighted by Crippen LogP contribution is -2.56. The maximum atomic E-state index is 13.8. The molecule has 0 aromatic heterocycles. The van der Waals surface area contributed by atoms with Gasteiger partial charge in [0.05, 0.1) is 18.1 Å². The Labute approximate surface area is 209 Å². The molecule has 0 aromatic carbocycles. The van der Waals surface area contributed by atoms with E-state index in [0.717, 1.165) is 71.2 Å². The third kappa shape index (κ3) is 9.85. The summed E-state index contributed by atoms with van der Waals surface area (Å²) in [6, 6.07) is -0.499. The predicted octanol–water partition coefficient (Wildman–Crippen LogP) is 4.77. The summed E-state index contributed by atoms with van der Waals surface area (Å²) in [5, 5.41) is 6.46. The zero-order chi connectivity index (χ0) is 25.1. The lowest BCUT2D eigenvalue weighted by atomic mass is 9.73. The van der Waals surface area contributed by atoms with Crippen LogP contribution in [0.5, 0.6) is 0 Å². The van der Waals surface area contributed by atoms with Crippen LogP contribution >= 0.6 is 0 Å². The van der Waals surface area contributed by atoms with E-state index < -0.39 is 6.04 Å². The second-order valence-corrected chi connectivity index (χ2v) is 12.2. The largest absolute Gasteiger partial charge is 0.379 e. The second kappa shape index (κ2) is 14.4. The highest BCUT2D eigenvalue weighted by Crippen LogP contribution is 2.37. The summed E-state index contributed by atoms with van der Waals surface area (Å²) in [7, 11) is 0. The van der Waals surface area contributed by atoms with E-state index in [2.05, 4.69) is 57.1 Å². The zero-order valence-corrected chi connectivity index (χ0v) is 23.0. The van der Waals surface area contributed by atoms with Crippen molar-refractivity contribution in [3.05, 3.63) is 0 Å². The molecule has 34 heavy (non-hydrogen) atoms. The van der Waals surface area contributed by atoms with Gasteiger partial charge in [-0.1, -0.05) is 54.4 Å². The Morgan fingerprint density at radius 3 is 2.18 bits per heavy atom. The Morgan fingerprint density at radius 1 is 0.882 bits per heavy atom. The topological polar surface area (TPSA) is 70.7 Å². The van der Waals surface area contributed by atoms with Crippen molar-refractivity contribution in [3.63, 3.8) is 0 Å². The van der Waals surface area contributed by atoms with Gasteiger partial charge in [0, 0.05) is 6.61 Å². The molecule has 2 N–H and O–H groups in total. The van der Waals surface area contributed by atoms with Gasteiger partial charge >= 0.3 is 0 Å². The fourth-order valence-electron chi connectivity index (χ4n) is 5.36. The molecule has 2 fully saturated rings. The molecular weight excluding hydrogens is 426 g/mol. The highest BCUT2D eigenvalue weighted by molar-refractivity contribution is 5.90. The Kier molecular flexibility index (Phi) is 12.3. The predicted molar refractivity (Wildman–Crippen MR) is 140 cm³/mol. The molecule has 2 atom stereocenters. The standard InChI is InChI=1S/C28H53N3O3/c1-21(2)10-14-31-15-12-28(13-16-31)11-8-7-9-17-34-20-24(18-22(3)4)29-26(32)25(19-23(5)6)30-27(28)33/h21-25H,7-20H2,1-6H3,(H,29,32)(H,30,33)/t24-,25-/m0/s1. The van der Waals surface area contributed by atoms with E-state index in [1.54, 1.807) is 0 Å². The summed E-state index contributed by atoms with van der Waals surface area (Å²) in [5.41, 5.74) is -0.355. The summed E-state index contributed by atoms with van der Waals surface area (Å²) < 4.78 is 5.97. The molecule has 0 bridgehead atoms. The summed E-state index contributed by atoms with van der Waals surface area (Å²) in [5.74, 6) is 1.53. The Balaban J connectivity index is 2.16. The number of hydrogen-bond donors (Lipinski definition) is 2. The maximum absolute atomic E-state index is 13.8. The number of hydrogen-bond acceptors (Lipinski definition) is 4. The van der Waals surface area contributed by atoms with Crippen molar-refractivity contribution in [3.8, 4) is 0 Å². The first kappa shape index (κ1) is 29.1. The smallest absolute Gasteiger partial charge is 0.242 e. The number of ether oxygens (including phenoxy) is 1. The van der Waals surface area contributed by atoms with Crippen LogP contribution in [0, 0.1) is 23.2 Å². The van der Waals surface area contributed by atoms with Gasteiger partial charge in [0.1, 0.15) is 6.04 Å². The van der Waals surface area contributed by atoms with Gasteiger partial charge in [0.15, 0.2) is 0 Å². The van der Waals surface area contributed by atoms with E-state index in [9.17, 15) is 9.59 Å². The fraction of sp³-hybridized carbons (Fsp3) is 0.929. The quantitative estimate of drug-likeness (QED) is 0.552. The monoisotopic (exact) mass is 479 g/mol. The van der Waals surface area contributed by atoms with E-state index in [-0.39, 0.29) is 23.3 Å². The molecule has 1 spiro atoms. The van der Waals surface area contributed by atoms with E-state index in [1.807, 2.05) is 0 Å². The number of carbonyl (C=O) groups excluding carboxylic acids is 2. The molecule has 2 saturated heterocycles. The number of nitrogens with zero attached hydrogens (tertiary/aromatic N) is 1. The lowest BCUT2D eigenvalue weighted by Gasteiger charge is -2.42. The van der Waals surface area contributed by atoms with Crippen molar-refractivity contribution in [1.82, 2.24) is 15.5 Å². The Hall–Kier alpha value is -1.14. The molecule has 0 aromatic rings. The molecule has 0 radical (unpaired) electrons. The lowest BCUT2D eigenvalue weighted by molar-refractivity contribution is -0.139. The third-order valence-electron chi connectivity index (χ3n) is 7.51. The average Bonchev–Trinajstić information content (AvgIpc) is 2.75. The van der Waals surface area contributed by atoms with Crippen LogP contribution in [0.4, 0.5) is 0 Å². The van der Waals surface area contributed by atoms with Gasteiger partial charge in [0.25, 0.3) is 0 Å². The summed E-state index contributed by atoms with van der Waals surface area (Å²) in [6.45, 7) is 17.4. The summed E-state index contributed by atoms with van der Waals surface area (Å²) in [6.07, 6.45) is 8.56. The minimum absolute atomic E-state index is 0.0137. The number of likely N-dealkylation sites (tertiary alicyclic amines) is 1. The normalized spacial score (nSPS) is 26.0. The van der Waals surface area contributed by atoms with Gasteiger partial charge in [-0.15, -0.1) is 0 Å². The Morgan fingerprint density at radius 2 is 1.56 bits per heavy atom. The van der Waals surface area contributed by atoms with Gasteiger partial charge < -0.3 is 20.3 Å². The first-order valence-electron chi connectivity index (χ1n) is 14.0. The van der Waals surface area contributed by atoms with Gasteiger partial charge in [0.2, 0.25) is 11.8 Å². The zero-order valence-electron chi connectivity index (χ0n) is 23.0. The molecule has 2 heterocycles. The molecule has 2 rings (SSSR count). The van der Waals surface area contributed by atoms with Crippen molar-refractivity contribution < 1.29 is 14.3 Å². The summed E-state index contributed by atoms with van der Waals surface area (Å²) in [4.78, 5) is 29.7. The highest BCUT2D eigenvalue weighted by Gasteiger charge is 2.42. The van der Waals surface area contributed by atoms with Gasteiger partial charge in [-0.3, -0.25) is 9.59 Å². The van der Waals surface area contributed by atoms with Gasteiger partial charge in [-0.25, -0.2) is 0 Å². The van der Waals surface area contributed by atoms with Gasteiger partial charge in [-0.05, 0) is 82.3 Å². The maximum Gasteiger partial charge on any atom is 0.242 e. The van der Waals surface area contributed by atoms with Crippen LogP contribution in [0.2, 0.25) is 0 Å². The SMILES string of the molecule is CC(C)CCN1CCC2(CCCCCOC[C@H](CC(C)C)NC(=O)[C@H](CC(C)C)NC2=O)CC1. The molecular formula is C28H53N3O3. The summed E-state index contributed by atoms with van der Waals surface area (Å²) >= 11 is 0. The number of nitrogens with one attached hydrogen (secondary N) is 2. The van der Waals surface area contributed by atoms with Crippen LogP contribution in [-0.4, -0.2) is 61.6 Å². The van der Waals surface area contributed by atoms with Crippen molar-refractivity contribution in [1.29, 1.82) is 0 Å². The van der Waals surface area contributed by atoms with E-state index in [0.29, 0.717) is 30.8 Å². The molecule has 0 aliphatic carbocycles. The number of rotatable bonds is 7. The van der Waals surface area contributed by atoms with E-state index in [4.69, 9.17) is 4.74 Å². The Bertz CT molecular complexity index is 612. The number of amides is 2. The van der Waals surface area contributed by atoms with Crippen molar-refractivity contribution in [2.45, 2.75) is 111 Å². The van der Waals surface area contributed by atoms with Crippen molar-refractivity contribution in [2.24, 2.45) is 23.2 Å². The minimum Gasteiger partial charge on any atom is -0.379 e. The molecule has 6 nitrogen and oxygen atoms in total. The minimum atomic E-state index is -0.485. The van der Waals surface area contributed by atoms with Crippen LogP contribution in [0.25, 0.3) is 0 Å².